The molecular weight excluding hydrogens is 318 g/mol. The van der Waals surface area contributed by atoms with Gasteiger partial charge in [-0.05, 0) is 42.5 Å². The van der Waals surface area contributed by atoms with Crippen molar-refractivity contribution in [2.75, 3.05) is 0 Å². The zero-order valence-electron chi connectivity index (χ0n) is 14.8. The Kier molecular flexibility index (Phi) is 4.83. The Morgan fingerprint density at radius 2 is 1.08 bits per heavy atom. The Morgan fingerprint density at radius 3 is 1.54 bits per heavy atom. The van der Waals surface area contributed by atoms with Crippen LogP contribution >= 0.6 is 0 Å². The Labute approximate surface area is 155 Å². The Balaban J connectivity index is 1.77. The second-order valence-corrected chi connectivity index (χ2v) is 6.86. The van der Waals surface area contributed by atoms with Gasteiger partial charge in [-0.1, -0.05) is 78.9 Å². The van der Waals surface area contributed by atoms with E-state index in [4.69, 9.17) is 0 Å². The highest BCUT2D eigenvalue weighted by Gasteiger charge is 2.36. The summed E-state index contributed by atoms with van der Waals surface area (Å²) in [5.41, 5.74) is 3.20. The first kappa shape index (κ1) is 16.6. The average molecular weight is 341 g/mol. The van der Waals surface area contributed by atoms with Crippen LogP contribution in [0, 0.1) is 0 Å². The minimum absolute atomic E-state index is 0.114. The van der Waals surface area contributed by atoms with Gasteiger partial charge in [-0.3, -0.25) is 4.79 Å². The molecule has 1 aliphatic heterocycles. The van der Waals surface area contributed by atoms with E-state index in [9.17, 15) is 4.79 Å². The van der Waals surface area contributed by atoms with Gasteiger partial charge in [0.1, 0.15) is 0 Å². The van der Waals surface area contributed by atoms with E-state index in [0.29, 0.717) is 0 Å². The van der Waals surface area contributed by atoms with Crippen LogP contribution in [0.4, 0.5) is 0 Å². The molecule has 1 fully saturated rings. The lowest BCUT2D eigenvalue weighted by atomic mass is 9.87. The molecule has 1 amide bonds. The summed E-state index contributed by atoms with van der Waals surface area (Å²) in [5, 5.41) is 0. The number of rotatable bonds is 3. The van der Waals surface area contributed by atoms with Gasteiger partial charge in [0.05, 0.1) is 12.1 Å². The molecule has 2 nitrogen and oxygen atoms in total. The van der Waals surface area contributed by atoms with Crippen LogP contribution in [0.2, 0.25) is 0 Å². The molecule has 130 valence electrons. The largest absolute Gasteiger partial charge is 0.325 e. The van der Waals surface area contributed by atoms with Crippen molar-refractivity contribution in [1.29, 1.82) is 0 Å². The molecule has 0 bridgehead atoms. The first-order valence-electron chi connectivity index (χ1n) is 9.32. The lowest BCUT2D eigenvalue weighted by molar-refractivity contribution is 0.0441. The number of amides is 1. The standard InChI is InChI=1S/C24H23NO/c26-24(21-15-8-3-9-16-21)25-22(19-11-4-1-5-12-19)17-10-18-23(25)20-13-6-2-7-14-20/h1-9,11-16,22-23H,10,17-18H2. The number of hydrogen-bond acceptors (Lipinski definition) is 1. The molecule has 3 aromatic carbocycles. The molecule has 0 saturated carbocycles. The molecule has 0 aliphatic carbocycles. The van der Waals surface area contributed by atoms with Gasteiger partial charge in [-0.15, -0.1) is 0 Å². The fourth-order valence-corrected chi connectivity index (χ4v) is 4.02. The molecule has 3 aromatic rings. The van der Waals surface area contributed by atoms with Crippen LogP contribution in [0.25, 0.3) is 0 Å². The topological polar surface area (TPSA) is 20.3 Å². The second kappa shape index (κ2) is 7.57. The van der Waals surface area contributed by atoms with Gasteiger partial charge < -0.3 is 4.90 Å². The molecule has 2 atom stereocenters. The fourth-order valence-electron chi connectivity index (χ4n) is 4.02. The number of carbonyl (C=O) groups excluding carboxylic acids is 1. The van der Waals surface area contributed by atoms with Crippen molar-refractivity contribution in [3.8, 4) is 0 Å². The Morgan fingerprint density at radius 1 is 0.654 bits per heavy atom. The van der Waals surface area contributed by atoms with Gasteiger partial charge in [-0.25, -0.2) is 0 Å². The van der Waals surface area contributed by atoms with Crippen molar-refractivity contribution in [3.63, 3.8) is 0 Å². The van der Waals surface area contributed by atoms with Crippen molar-refractivity contribution in [2.45, 2.75) is 31.3 Å². The minimum atomic E-state index is 0.114. The molecule has 2 unspecified atom stereocenters. The molecule has 1 aliphatic rings. The van der Waals surface area contributed by atoms with E-state index in [1.807, 2.05) is 42.5 Å². The van der Waals surface area contributed by atoms with Crippen LogP contribution in [0.5, 0.6) is 0 Å². The molecular formula is C24H23NO. The maximum absolute atomic E-state index is 13.5. The van der Waals surface area contributed by atoms with E-state index in [0.717, 1.165) is 24.8 Å². The zero-order chi connectivity index (χ0) is 17.8. The van der Waals surface area contributed by atoms with E-state index in [1.54, 1.807) is 0 Å². The van der Waals surface area contributed by atoms with Crippen molar-refractivity contribution in [2.24, 2.45) is 0 Å². The van der Waals surface area contributed by atoms with Crippen LogP contribution in [0.15, 0.2) is 91.0 Å². The van der Waals surface area contributed by atoms with Crippen molar-refractivity contribution in [1.82, 2.24) is 4.90 Å². The minimum Gasteiger partial charge on any atom is -0.325 e. The van der Waals surface area contributed by atoms with Crippen LogP contribution in [-0.4, -0.2) is 10.8 Å². The van der Waals surface area contributed by atoms with E-state index < -0.39 is 0 Å². The van der Waals surface area contributed by atoms with Gasteiger partial charge in [-0.2, -0.15) is 0 Å². The van der Waals surface area contributed by atoms with E-state index in [2.05, 4.69) is 53.4 Å². The molecule has 4 rings (SSSR count). The Hall–Kier alpha value is -2.87. The first-order chi connectivity index (χ1) is 12.8. The first-order valence-corrected chi connectivity index (χ1v) is 9.32. The third kappa shape index (κ3) is 3.28. The zero-order valence-corrected chi connectivity index (χ0v) is 14.8. The van der Waals surface area contributed by atoms with Gasteiger partial charge >= 0.3 is 0 Å². The molecule has 0 aromatic heterocycles. The van der Waals surface area contributed by atoms with Gasteiger partial charge in [0, 0.05) is 5.56 Å². The smallest absolute Gasteiger partial charge is 0.254 e. The van der Waals surface area contributed by atoms with E-state index >= 15 is 0 Å². The number of benzene rings is 3. The summed E-state index contributed by atoms with van der Waals surface area (Å²) >= 11 is 0. The summed E-state index contributed by atoms with van der Waals surface area (Å²) in [7, 11) is 0. The predicted molar refractivity (Wildman–Crippen MR) is 105 cm³/mol. The number of hydrogen-bond donors (Lipinski definition) is 0. The lowest BCUT2D eigenvalue weighted by Crippen LogP contribution is -2.41. The van der Waals surface area contributed by atoms with Crippen molar-refractivity contribution in [3.05, 3.63) is 108 Å². The van der Waals surface area contributed by atoms with Gasteiger partial charge in [0.15, 0.2) is 0 Å². The van der Waals surface area contributed by atoms with Crippen molar-refractivity contribution < 1.29 is 4.79 Å². The molecule has 0 radical (unpaired) electrons. The number of nitrogens with zero attached hydrogens (tertiary/aromatic N) is 1. The third-order valence-electron chi connectivity index (χ3n) is 5.25. The molecule has 2 heteroatoms. The highest BCUT2D eigenvalue weighted by Crippen LogP contribution is 2.42. The normalized spacial score (nSPS) is 19.9. The maximum atomic E-state index is 13.5. The second-order valence-electron chi connectivity index (χ2n) is 6.86. The number of likely N-dealkylation sites (tertiary alicyclic amines) is 1. The summed E-state index contributed by atoms with van der Waals surface area (Å²) in [4.78, 5) is 15.6. The highest BCUT2D eigenvalue weighted by molar-refractivity contribution is 5.94. The van der Waals surface area contributed by atoms with E-state index in [1.165, 1.54) is 11.1 Å². The molecule has 0 N–H and O–H groups in total. The fraction of sp³-hybridized carbons (Fsp3) is 0.208. The van der Waals surface area contributed by atoms with Gasteiger partial charge in [0.2, 0.25) is 0 Å². The highest BCUT2D eigenvalue weighted by atomic mass is 16.2. The Bertz CT molecular complexity index is 798. The monoisotopic (exact) mass is 341 g/mol. The van der Waals surface area contributed by atoms with Crippen LogP contribution in [0.1, 0.15) is 52.8 Å². The lowest BCUT2D eigenvalue weighted by Gasteiger charge is -2.43. The SMILES string of the molecule is O=C(c1ccccc1)N1C(c2ccccc2)CCCC1c1ccccc1. The van der Waals surface area contributed by atoms with Crippen LogP contribution < -0.4 is 0 Å². The summed E-state index contributed by atoms with van der Waals surface area (Å²) < 4.78 is 0. The molecule has 26 heavy (non-hydrogen) atoms. The molecule has 0 spiro atoms. The summed E-state index contributed by atoms with van der Waals surface area (Å²) in [6.45, 7) is 0. The van der Waals surface area contributed by atoms with Crippen molar-refractivity contribution >= 4 is 5.91 Å². The maximum Gasteiger partial charge on any atom is 0.254 e. The summed E-state index contributed by atoms with van der Waals surface area (Å²) in [6, 6.07) is 30.8. The van der Waals surface area contributed by atoms with Crippen LogP contribution in [-0.2, 0) is 0 Å². The summed E-state index contributed by atoms with van der Waals surface area (Å²) in [6.07, 6.45) is 3.13. The van der Waals surface area contributed by atoms with Gasteiger partial charge in [0.25, 0.3) is 5.91 Å². The third-order valence-corrected chi connectivity index (χ3v) is 5.25. The molecule has 1 heterocycles. The number of piperidine rings is 1. The van der Waals surface area contributed by atoms with E-state index in [-0.39, 0.29) is 18.0 Å². The number of carbonyl (C=O) groups is 1. The quantitative estimate of drug-likeness (QED) is 0.590. The van der Waals surface area contributed by atoms with Crippen LogP contribution in [0.3, 0.4) is 0 Å². The molecule has 1 saturated heterocycles. The summed E-state index contributed by atoms with van der Waals surface area (Å²) in [5.74, 6) is 0.119. The average Bonchev–Trinajstić information content (AvgIpc) is 2.74. The predicted octanol–water partition coefficient (Wildman–Crippen LogP) is 5.80.